The number of aliphatic hydroxyl groups excluding tert-OH is 1. The number of carbonyl (C=O) groups is 3. The number of aliphatic hydroxyl groups is 1. The number of aryl methyl sites for hydroxylation is 2. The van der Waals surface area contributed by atoms with E-state index >= 15 is 0 Å². The molecule has 0 saturated carbocycles. The van der Waals surface area contributed by atoms with E-state index in [4.69, 9.17) is 19.6 Å². The number of primary amides is 1. The topological polar surface area (TPSA) is 184 Å². The summed E-state index contributed by atoms with van der Waals surface area (Å²) < 4.78 is 18.3. The van der Waals surface area contributed by atoms with Gasteiger partial charge in [0.05, 0.1) is 17.8 Å². The second-order valence-corrected chi connectivity index (χ2v) is 9.85. The summed E-state index contributed by atoms with van der Waals surface area (Å²) in [5.41, 5.74) is 6.44. The van der Waals surface area contributed by atoms with E-state index in [2.05, 4.69) is 20.6 Å². The summed E-state index contributed by atoms with van der Waals surface area (Å²) in [6.07, 6.45) is 3.80. The zero-order chi connectivity index (χ0) is 29.4. The fraction of sp³-hybridized carbons (Fsp3) is 0.444. The van der Waals surface area contributed by atoms with Crippen LogP contribution in [0.25, 0.3) is 11.0 Å². The second kappa shape index (κ2) is 13.1. The molecule has 0 radical (unpaired) electrons. The quantitative estimate of drug-likeness (QED) is 0.192. The fourth-order valence-corrected chi connectivity index (χ4v) is 3.77. The summed E-state index contributed by atoms with van der Waals surface area (Å²) in [5.74, 6) is -0.309. The summed E-state index contributed by atoms with van der Waals surface area (Å²) >= 11 is 0. The molecule has 0 fully saturated rings. The van der Waals surface area contributed by atoms with E-state index in [1.54, 1.807) is 44.4 Å². The zero-order valence-electron chi connectivity index (χ0n) is 23.4. The lowest BCUT2D eigenvalue weighted by atomic mass is 10.1. The number of carbonyl (C=O) groups excluding carboxylic acids is 3. The molecule has 0 aliphatic heterocycles. The van der Waals surface area contributed by atoms with Gasteiger partial charge in [-0.25, -0.2) is 14.8 Å². The van der Waals surface area contributed by atoms with Gasteiger partial charge in [0.2, 0.25) is 17.6 Å². The highest BCUT2D eigenvalue weighted by Crippen LogP contribution is 2.31. The lowest BCUT2D eigenvalue weighted by Gasteiger charge is -2.19. The Morgan fingerprint density at radius 3 is 2.60 bits per heavy atom. The number of hydrogen-bond acceptors (Lipinski definition) is 9. The molecule has 216 valence electrons. The number of allylic oxidation sites excluding steroid dienone is 1. The van der Waals surface area contributed by atoms with Crippen LogP contribution in [-0.4, -0.2) is 62.9 Å². The van der Waals surface area contributed by atoms with Gasteiger partial charge in [-0.2, -0.15) is 0 Å². The largest absolute Gasteiger partial charge is 0.491 e. The predicted molar refractivity (Wildman–Crippen MR) is 147 cm³/mol. The molecule has 0 unspecified atom stereocenters. The van der Waals surface area contributed by atoms with Crippen molar-refractivity contribution in [3.05, 3.63) is 47.2 Å². The Kier molecular flexibility index (Phi) is 9.88. The van der Waals surface area contributed by atoms with E-state index in [1.807, 2.05) is 6.92 Å². The molecule has 40 heavy (non-hydrogen) atoms. The molecule has 13 heteroatoms. The standard InChI is InChI=1S/C27H36N6O7/c1-6-18-22(39-16(2)30-18)24(36)32-25-31-19-14-17(23(28)35)15-20(38-13-9-12-34)21(19)33(25)11-8-7-10-29-26(37)40-27(3,4)5/h7-8,14-15,34H,6,9-13H2,1-5H3,(H2,28,35)(H,29,37)(H,31,32,36)/b8-7+. The molecule has 0 aliphatic rings. The van der Waals surface area contributed by atoms with Crippen LogP contribution in [0.15, 0.2) is 28.7 Å². The lowest BCUT2D eigenvalue weighted by molar-refractivity contribution is 0.0533. The molecule has 0 bridgehead atoms. The van der Waals surface area contributed by atoms with E-state index in [-0.39, 0.29) is 43.6 Å². The molecule has 2 heterocycles. The number of anilines is 1. The number of fused-ring (bicyclic) bond motifs is 1. The number of nitrogens with two attached hydrogens (primary N) is 1. The minimum absolute atomic E-state index is 0.0768. The van der Waals surface area contributed by atoms with Crippen LogP contribution in [-0.2, 0) is 17.7 Å². The number of alkyl carbamates (subject to hydrolysis) is 1. The van der Waals surface area contributed by atoms with Gasteiger partial charge in [0.25, 0.3) is 5.91 Å². The van der Waals surface area contributed by atoms with Crippen molar-refractivity contribution in [1.82, 2.24) is 19.9 Å². The van der Waals surface area contributed by atoms with E-state index in [1.165, 1.54) is 12.1 Å². The van der Waals surface area contributed by atoms with Crippen molar-refractivity contribution in [3.63, 3.8) is 0 Å². The molecule has 3 rings (SSSR count). The highest BCUT2D eigenvalue weighted by Gasteiger charge is 2.23. The third-order valence-electron chi connectivity index (χ3n) is 5.44. The van der Waals surface area contributed by atoms with Gasteiger partial charge in [-0.3, -0.25) is 14.9 Å². The summed E-state index contributed by atoms with van der Waals surface area (Å²) in [6, 6.07) is 3.00. The van der Waals surface area contributed by atoms with E-state index in [9.17, 15) is 19.5 Å². The van der Waals surface area contributed by atoms with Gasteiger partial charge in [-0.15, -0.1) is 0 Å². The second-order valence-electron chi connectivity index (χ2n) is 9.85. The molecule has 2 aromatic heterocycles. The maximum atomic E-state index is 13.2. The first-order valence-electron chi connectivity index (χ1n) is 12.9. The number of hydrogen-bond donors (Lipinski definition) is 4. The first-order valence-corrected chi connectivity index (χ1v) is 12.9. The monoisotopic (exact) mass is 556 g/mol. The Morgan fingerprint density at radius 1 is 1.20 bits per heavy atom. The number of amides is 3. The minimum Gasteiger partial charge on any atom is -0.491 e. The molecule has 3 amide bonds. The smallest absolute Gasteiger partial charge is 0.407 e. The van der Waals surface area contributed by atoms with E-state index in [0.29, 0.717) is 41.2 Å². The van der Waals surface area contributed by atoms with Gasteiger partial charge in [-0.05, 0) is 39.3 Å². The maximum absolute atomic E-state index is 13.2. The highest BCUT2D eigenvalue weighted by atomic mass is 16.6. The first-order chi connectivity index (χ1) is 18.9. The van der Waals surface area contributed by atoms with Gasteiger partial charge in [0.15, 0.2) is 5.89 Å². The van der Waals surface area contributed by atoms with Crippen molar-refractivity contribution in [3.8, 4) is 5.75 Å². The number of nitrogens with one attached hydrogen (secondary N) is 2. The van der Waals surface area contributed by atoms with Crippen LogP contribution in [0.1, 0.15) is 66.6 Å². The van der Waals surface area contributed by atoms with Crippen molar-refractivity contribution in [2.75, 3.05) is 25.1 Å². The Balaban J connectivity index is 1.97. The summed E-state index contributed by atoms with van der Waals surface area (Å²) in [7, 11) is 0. The van der Waals surface area contributed by atoms with Crippen LogP contribution in [0, 0.1) is 6.92 Å². The maximum Gasteiger partial charge on any atom is 0.407 e. The van der Waals surface area contributed by atoms with Crippen molar-refractivity contribution < 1.29 is 33.4 Å². The Morgan fingerprint density at radius 2 is 1.95 bits per heavy atom. The van der Waals surface area contributed by atoms with Gasteiger partial charge in [0.1, 0.15) is 16.9 Å². The van der Waals surface area contributed by atoms with Crippen LogP contribution >= 0.6 is 0 Å². The molecule has 13 nitrogen and oxygen atoms in total. The van der Waals surface area contributed by atoms with Crippen LogP contribution in [0.3, 0.4) is 0 Å². The fourth-order valence-electron chi connectivity index (χ4n) is 3.77. The average molecular weight is 557 g/mol. The van der Waals surface area contributed by atoms with Crippen molar-refractivity contribution >= 4 is 34.9 Å². The highest BCUT2D eigenvalue weighted by molar-refractivity contribution is 6.04. The Bertz CT molecular complexity index is 1400. The van der Waals surface area contributed by atoms with Gasteiger partial charge in [0, 0.05) is 38.6 Å². The van der Waals surface area contributed by atoms with Gasteiger partial charge in [-0.1, -0.05) is 19.1 Å². The number of aromatic nitrogens is 3. The third-order valence-corrected chi connectivity index (χ3v) is 5.44. The number of ether oxygens (including phenoxy) is 2. The van der Waals surface area contributed by atoms with Crippen molar-refractivity contribution in [1.29, 1.82) is 0 Å². The van der Waals surface area contributed by atoms with E-state index in [0.717, 1.165) is 0 Å². The van der Waals surface area contributed by atoms with Crippen LogP contribution in [0.4, 0.5) is 10.7 Å². The number of benzene rings is 1. The molecule has 3 aromatic rings. The molecule has 1 aromatic carbocycles. The predicted octanol–water partition coefficient (Wildman–Crippen LogP) is 3.09. The van der Waals surface area contributed by atoms with Crippen LogP contribution in [0.2, 0.25) is 0 Å². The van der Waals surface area contributed by atoms with Gasteiger partial charge >= 0.3 is 6.09 Å². The van der Waals surface area contributed by atoms with Crippen LogP contribution < -0.4 is 21.1 Å². The minimum atomic E-state index is -0.674. The number of nitrogens with zero attached hydrogens (tertiary/aromatic N) is 3. The summed E-state index contributed by atoms with van der Waals surface area (Å²) in [5, 5.41) is 14.6. The normalized spacial score (nSPS) is 11.7. The Labute approximate surface area is 231 Å². The Hall–Kier alpha value is -4.39. The number of oxazole rings is 1. The summed E-state index contributed by atoms with van der Waals surface area (Å²) in [4.78, 5) is 45.9. The molecule has 0 atom stereocenters. The van der Waals surface area contributed by atoms with E-state index < -0.39 is 23.5 Å². The molecular formula is C27H36N6O7. The molecule has 0 aliphatic carbocycles. The number of rotatable bonds is 12. The van der Waals surface area contributed by atoms with Crippen molar-refractivity contribution in [2.45, 2.75) is 59.6 Å². The molecular weight excluding hydrogens is 520 g/mol. The van der Waals surface area contributed by atoms with Crippen molar-refractivity contribution in [2.24, 2.45) is 5.73 Å². The SMILES string of the molecule is CCc1nc(C)oc1C(=O)Nc1nc2cc(C(N)=O)cc(OCCCO)c2n1C/C=C/CNC(=O)OC(C)(C)C. The summed E-state index contributed by atoms with van der Waals surface area (Å²) in [6.45, 7) is 9.35. The molecule has 0 spiro atoms. The lowest BCUT2D eigenvalue weighted by Crippen LogP contribution is -2.32. The number of imidazole rings is 1. The average Bonchev–Trinajstić information content (AvgIpc) is 3.42. The third kappa shape index (κ3) is 7.82. The van der Waals surface area contributed by atoms with Gasteiger partial charge < -0.3 is 34.6 Å². The first kappa shape index (κ1) is 30.2. The van der Waals surface area contributed by atoms with Crippen LogP contribution in [0.5, 0.6) is 5.75 Å². The molecule has 0 saturated heterocycles. The zero-order valence-corrected chi connectivity index (χ0v) is 23.4. The molecule has 5 N–H and O–H groups in total.